The topological polar surface area (TPSA) is 82.8 Å². The zero-order valence-electron chi connectivity index (χ0n) is 16.4. The van der Waals surface area contributed by atoms with E-state index in [0.29, 0.717) is 24.2 Å². The summed E-state index contributed by atoms with van der Waals surface area (Å²) >= 11 is 0. The van der Waals surface area contributed by atoms with E-state index in [0.717, 1.165) is 16.5 Å². The molecule has 6 nitrogen and oxygen atoms in total. The van der Waals surface area contributed by atoms with Crippen molar-refractivity contribution in [3.8, 4) is 5.75 Å². The Morgan fingerprint density at radius 2 is 1.79 bits per heavy atom. The smallest absolute Gasteiger partial charge is 0.336 e. The number of carbonyl (C=O) groups excluding carboxylic acids is 2. The normalized spacial score (nSPS) is 10.7. The molecule has 0 saturated heterocycles. The zero-order valence-corrected chi connectivity index (χ0v) is 16.4. The fraction of sp³-hybridized carbons (Fsp3) is 0.261. The van der Waals surface area contributed by atoms with E-state index in [1.54, 1.807) is 19.9 Å². The van der Waals surface area contributed by atoms with Crippen molar-refractivity contribution in [2.75, 3.05) is 6.61 Å². The molecule has 1 aromatic heterocycles. The van der Waals surface area contributed by atoms with Crippen molar-refractivity contribution in [1.82, 2.24) is 0 Å². The highest BCUT2D eigenvalue weighted by Gasteiger charge is 2.16. The summed E-state index contributed by atoms with van der Waals surface area (Å²) in [6, 6.07) is 14.0. The lowest BCUT2D eigenvalue weighted by atomic mass is 10.0. The van der Waals surface area contributed by atoms with Crippen molar-refractivity contribution in [3.05, 3.63) is 75.6 Å². The van der Waals surface area contributed by atoms with Crippen molar-refractivity contribution in [3.63, 3.8) is 0 Å². The van der Waals surface area contributed by atoms with E-state index in [4.69, 9.17) is 13.9 Å². The van der Waals surface area contributed by atoms with E-state index in [1.165, 1.54) is 12.1 Å². The molecule has 150 valence electrons. The van der Waals surface area contributed by atoms with Crippen LogP contribution in [-0.2, 0) is 27.2 Å². The molecule has 0 N–H and O–H groups in total. The van der Waals surface area contributed by atoms with Gasteiger partial charge in [0.15, 0.2) is 0 Å². The summed E-state index contributed by atoms with van der Waals surface area (Å²) in [5.74, 6) is -0.495. The summed E-state index contributed by atoms with van der Waals surface area (Å²) < 4.78 is 15.8. The monoisotopic (exact) mass is 394 g/mol. The Kier molecular flexibility index (Phi) is 6.44. The molecule has 2 aromatic carbocycles. The second kappa shape index (κ2) is 9.19. The number of esters is 2. The van der Waals surface area contributed by atoms with Crippen LogP contribution >= 0.6 is 0 Å². The summed E-state index contributed by atoms with van der Waals surface area (Å²) in [5, 5.41) is 0.728. The molecule has 0 fully saturated rings. The van der Waals surface area contributed by atoms with Gasteiger partial charge in [-0.2, -0.15) is 0 Å². The molecule has 3 rings (SSSR count). The van der Waals surface area contributed by atoms with Gasteiger partial charge < -0.3 is 13.9 Å². The third kappa shape index (κ3) is 5.31. The minimum Gasteiger partial charge on any atom is -0.466 e. The molecule has 0 atom stereocenters. The number of hydrogen-bond acceptors (Lipinski definition) is 6. The van der Waals surface area contributed by atoms with Crippen molar-refractivity contribution in [1.29, 1.82) is 0 Å². The molecule has 0 aliphatic rings. The molecule has 0 bridgehead atoms. The highest BCUT2D eigenvalue weighted by Crippen LogP contribution is 2.29. The minimum atomic E-state index is -0.476. The molecule has 6 heteroatoms. The van der Waals surface area contributed by atoms with Crippen LogP contribution in [0.5, 0.6) is 5.75 Å². The van der Waals surface area contributed by atoms with Crippen LogP contribution in [0.15, 0.2) is 57.7 Å². The van der Waals surface area contributed by atoms with Crippen LogP contribution in [0.4, 0.5) is 0 Å². The van der Waals surface area contributed by atoms with Crippen molar-refractivity contribution in [2.24, 2.45) is 0 Å². The van der Waals surface area contributed by atoms with Crippen LogP contribution in [0.3, 0.4) is 0 Å². The fourth-order valence-electron chi connectivity index (χ4n) is 3.07. The zero-order chi connectivity index (χ0) is 20.8. The maximum Gasteiger partial charge on any atom is 0.336 e. The minimum absolute atomic E-state index is 0.105. The molecule has 1 heterocycles. The summed E-state index contributed by atoms with van der Waals surface area (Å²) in [7, 11) is 0. The largest absolute Gasteiger partial charge is 0.466 e. The Morgan fingerprint density at radius 3 is 2.52 bits per heavy atom. The number of rotatable bonds is 7. The molecule has 0 spiro atoms. The van der Waals surface area contributed by atoms with Crippen LogP contribution in [0, 0.1) is 6.92 Å². The van der Waals surface area contributed by atoms with Gasteiger partial charge in [-0.25, -0.2) is 4.79 Å². The first-order chi connectivity index (χ1) is 14.0. The standard InChI is InChI=1S/C23H22O6/c1-3-27-21(24)10-9-17-13-18-15(2)11-22(25)29-20(18)14-19(17)28-23(26)12-16-7-5-4-6-8-16/h4-8,11,13-14H,3,9-10,12H2,1-2H3. The molecular weight excluding hydrogens is 372 g/mol. The molecule has 0 unspecified atom stereocenters. The number of fused-ring (bicyclic) bond motifs is 1. The van der Waals surface area contributed by atoms with Crippen LogP contribution in [0.25, 0.3) is 11.0 Å². The van der Waals surface area contributed by atoms with Gasteiger partial charge in [0.25, 0.3) is 0 Å². The van der Waals surface area contributed by atoms with E-state index >= 15 is 0 Å². The molecule has 3 aromatic rings. The first kappa shape index (κ1) is 20.3. The number of carbonyl (C=O) groups is 2. The fourth-order valence-corrected chi connectivity index (χ4v) is 3.07. The number of ether oxygens (including phenoxy) is 2. The van der Waals surface area contributed by atoms with E-state index in [1.807, 2.05) is 30.3 Å². The quantitative estimate of drug-likeness (QED) is 0.345. The molecule has 0 amide bonds. The van der Waals surface area contributed by atoms with Gasteiger partial charge in [0, 0.05) is 23.9 Å². The molecule has 0 radical (unpaired) electrons. The maximum atomic E-state index is 12.4. The van der Waals surface area contributed by atoms with Crippen molar-refractivity contribution in [2.45, 2.75) is 33.1 Å². The Balaban J connectivity index is 1.91. The Hall–Kier alpha value is -3.41. The summed E-state index contributed by atoms with van der Waals surface area (Å²) in [4.78, 5) is 35.9. The van der Waals surface area contributed by atoms with Gasteiger partial charge in [0.2, 0.25) is 0 Å². The van der Waals surface area contributed by atoms with Crippen LogP contribution in [0.2, 0.25) is 0 Å². The van der Waals surface area contributed by atoms with Crippen molar-refractivity contribution >= 4 is 22.9 Å². The average molecular weight is 394 g/mol. The van der Waals surface area contributed by atoms with Crippen LogP contribution < -0.4 is 10.4 Å². The van der Waals surface area contributed by atoms with Gasteiger partial charge in [0.1, 0.15) is 11.3 Å². The van der Waals surface area contributed by atoms with Gasteiger partial charge in [-0.3, -0.25) is 9.59 Å². The van der Waals surface area contributed by atoms with Gasteiger partial charge in [0.05, 0.1) is 13.0 Å². The van der Waals surface area contributed by atoms with Gasteiger partial charge in [-0.1, -0.05) is 30.3 Å². The molecular formula is C23H22O6. The highest BCUT2D eigenvalue weighted by atomic mass is 16.5. The van der Waals surface area contributed by atoms with Gasteiger partial charge >= 0.3 is 17.6 Å². The predicted molar refractivity (Wildman–Crippen MR) is 108 cm³/mol. The van der Waals surface area contributed by atoms with Gasteiger partial charge in [-0.15, -0.1) is 0 Å². The third-order valence-corrected chi connectivity index (χ3v) is 4.45. The lowest BCUT2D eigenvalue weighted by Crippen LogP contribution is -2.13. The third-order valence-electron chi connectivity index (χ3n) is 4.45. The molecule has 0 aliphatic carbocycles. The lowest BCUT2D eigenvalue weighted by Gasteiger charge is -2.12. The SMILES string of the molecule is CCOC(=O)CCc1cc2c(C)cc(=O)oc2cc1OC(=O)Cc1ccccc1. The first-order valence-electron chi connectivity index (χ1n) is 9.44. The lowest BCUT2D eigenvalue weighted by molar-refractivity contribution is -0.143. The summed E-state index contributed by atoms with van der Waals surface area (Å²) in [6.07, 6.45) is 0.591. The molecule has 29 heavy (non-hydrogen) atoms. The van der Waals surface area contributed by atoms with Crippen molar-refractivity contribution < 1.29 is 23.5 Å². The Labute approximate surface area is 168 Å². The highest BCUT2D eigenvalue weighted by molar-refractivity contribution is 5.84. The van der Waals surface area contributed by atoms with Crippen LogP contribution in [-0.4, -0.2) is 18.5 Å². The van der Waals surface area contributed by atoms with Gasteiger partial charge in [-0.05, 0) is 43.0 Å². The van der Waals surface area contributed by atoms with E-state index < -0.39 is 11.6 Å². The summed E-state index contributed by atoms with van der Waals surface area (Å²) in [6.45, 7) is 3.85. The average Bonchev–Trinajstić information content (AvgIpc) is 2.67. The molecule has 0 saturated carbocycles. The molecule has 0 aliphatic heterocycles. The first-order valence-corrected chi connectivity index (χ1v) is 9.44. The Morgan fingerprint density at radius 1 is 1.03 bits per heavy atom. The summed E-state index contributed by atoms with van der Waals surface area (Å²) in [5.41, 5.74) is 2.10. The van der Waals surface area contributed by atoms with E-state index in [9.17, 15) is 14.4 Å². The second-order valence-corrected chi connectivity index (χ2v) is 6.65. The number of benzene rings is 2. The second-order valence-electron chi connectivity index (χ2n) is 6.65. The van der Waals surface area contributed by atoms with Crippen LogP contribution in [0.1, 0.15) is 30.0 Å². The van der Waals surface area contributed by atoms with E-state index in [-0.39, 0.29) is 24.6 Å². The Bertz CT molecular complexity index is 1080. The predicted octanol–water partition coefficient (Wildman–Crippen LogP) is 3.75. The number of aryl methyl sites for hydroxylation is 2. The van der Waals surface area contributed by atoms with E-state index in [2.05, 4.69) is 0 Å². The maximum absolute atomic E-state index is 12.4. The number of hydrogen-bond donors (Lipinski definition) is 0.